The van der Waals surface area contributed by atoms with Crippen LogP contribution in [0.15, 0.2) is 18.6 Å². The first kappa shape index (κ1) is 14.5. The van der Waals surface area contributed by atoms with E-state index in [2.05, 4.69) is 25.6 Å². The van der Waals surface area contributed by atoms with Crippen LogP contribution < -0.4 is 16.6 Å². The van der Waals surface area contributed by atoms with Crippen LogP contribution in [0.1, 0.15) is 0 Å². The number of nitrogens with one attached hydrogen (secondary N) is 2. The van der Waals surface area contributed by atoms with Crippen molar-refractivity contribution in [1.29, 1.82) is 0 Å². The molecule has 4 N–H and O–H groups in total. The van der Waals surface area contributed by atoms with Gasteiger partial charge in [-0.2, -0.15) is 0 Å². The number of likely N-dealkylation sites (N-methyl/N-ethyl adjacent to an activating group) is 1. The van der Waals surface area contributed by atoms with Gasteiger partial charge in [0.1, 0.15) is 0 Å². The number of imidazole rings is 1. The molecule has 0 saturated carbocycles. The van der Waals surface area contributed by atoms with Crippen LogP contribution in [0, 0.1) is 0 Å². The molecule has 0 aliphatic heterocycles. The molecule has 0 saturated heterocycles. The number of hydrazine groups is 1. The summed E-state index contributed by atoms with van der Waals surface area (Å²) in [7, 11) is 4.04. The van der Waals surface area contributed by atoms with Crippen molar-refractivity contribution in [3.8, 4) is 0 Å². The van der Waals surface area contributed by atoms with Crippen LogP contribution in [-0.4, -0.2) is 59.7 Å². The van der Waals surface area contributed by atoms with Gasteiger partial charge in [0.25, 0.3) is 0 Å². The van der Waals surface area contributed by atoms with Crippen molar-refractivity contribution in [2.45, 2.75) is 0 Å². The maximum absolute atomic E-state index is 5.52. The highest BCUT2D eigenvalue weighted by Crippen LogP contribution is 2.15. The van der Waals surface area contributed by atoms with Gasteiger partial charge < -0.3 is 24.8 Å². The molecule has 0 amide bonds. The van der Waals surface area contributed by atoms with Crippen LogP contribution in [0.4, 0.5) is 11.6 Å². The first-order chi connectivity index (χ1) is 9.70. The molecule has 8 nitrogen and oxygen atoms in total. The number of aromatic nitrogens is 3. The van der Waals surface area contributed by atoms with Crippen LogP contribution in [0.2, 0.25) is 0 Å². The standard InChI is InChI=1S/C12H21N7O/c1-18(2)6-8-20-7-4-14-11-12-15-3-5-19(12)9-10(16-11)17-13/h3,5,9,17H,4,6-8,13H2,1-2H3,(H,14,16). The average Bonchev–Trinajstić information content (AvgIpc) is 2.90. The van der Waals surface area contributed by atoms with Crippen LogP contribution in [0.25, 0.3) is 5.65 Å². The fourth-order valence-electron chi connectivity index (χ4n) is 1.71. The van der Waals surface area contributed by atoms with Gasteiger partial charge in [-0.3, -0.25) is 0 Å². The number of ether oxygens (including phenoxy) is 1. The summed E-state index contributed by atoms with van der Waals surface area (Å²) in [5.41, 5.74) is 3.30. The Morgan fingerprint density at radius 3 is 3.00 bits per heavy atom. The molecule has 2 aromatic heterocycles. The molecule has 2 rings (SSSR count). The van der Waals surface area contributed by atoms with E-state index >= 15 is 0 Å². The summed E-state index contributed by atoms with van der Waals surface area (Å²) in [6.07, 6.45) is 5.34. The van der Waals surface area contributed by atoms with Crippen LogP contribution in [-0.2, 0) is 4.74 Å². The molecule has 0 bridgehead atoms. The van der Waals surface area contributed by atoms with E-state index in [1.807, 2.05) is 24.7 Å². The predicted molar refractivity (Wildman–Crippen MR) is 78.7 cm³/mol. The number of nitrogens with zero attached hydrogens (tertiary/aromatic N) is 4. The van der Waals surface area contributed by atoms with E-state index in [1.165, 1.54) is 0 Å². The lowest BCUT2D eigenvalue weighted by molar-refractivity contribution is 0.126. The second-order valence-corrected chi connectivity index (χ2v) is 4.62. The van der Waals surface area contributed by atoms with Crippen molar-refractivity contribution in [2.75, 3.05) is 51.1 Å². The minimum atomic E-state index is 0.575. The molecule has 2 heterocycles. The van der Waals surface area contributed by atoms with Gasteiger partial charge >= 0.3 is 0 Å². The average molecular weight is 279 g/mol. The van der Waals surface area contributed by atoms with Crippen LogP contribution >= 0.6 is 0 Å². The Kier molecular flexibility index (Phi) is 5.10. The summed E-state index contributed by atoms with van der Waals surface area (Å²) in [5, 5.41) is 3.21. The van der Waals surface area contributed by atoms with Crippen LogP contribution in [0.3, 0.4) is 0 Å². The van der Waals surface area contributed by atoms with Crippen LogP contribution in [0.5, 0.6) is 0 Å². The normalized spacial score (nSPS) is 11.2. The Bertz CT molecular complexity index is 540. The maximum Gasteiger partial charge on any atom is 0.180 e. The second-order valence-electron chi connectivity index (χ2n) is 4.62. The summed E-state index contributed by atoms with van der Waals surface area (Å²) in [6.45, 7) is 2.90. The minimum Gasteiger partial charge on any atom is -0.378 e. The third kappa shape index (κ3) is 3.80. The lowest BCUT2D eigenvalue weighted by Gasteiger charge is -2.11. The fraction of sp³-hybridized carbons (Fsp3) is 0.500. The van der Waals surface area contributed by atoms with Gasteiger partial charge in [0.05, 0.1) is 19.4 Å². The van der Waals surface area contributed by atoms with Crippen molar-refractivity contribution >= 4 is 17.3 Å². The lowest BCUT2D eigenvalue weighted by atomic mass is 10.5. The smallest absolute Gasteiger partial charge is 0.180 e. The summed E-state index contributed by atoms with van der Waals surface area (Å²) >= 11 is 0. The monoisotopic (exact) mass is 279 g/mol. The number of fused-ring (bicyclic) bond motifs is 1. The number of anilines is 2. The van der Waals surface area contributed by atoms with Gasteiger partial charge in [0, 0.05) is 25.5 Å². The zero-order chi connectivity index (χ0) is 14.4. The molecule has 20 heavy (non-hydrogen) atoms. The van der Waals surface area contributed by atoms with Crippen molar-refractivity contribution in [2.24, 2.45) is 5.84 Å². The summed E-state index contributed by atoms with van der Waals surface area (Å²) in [6, 6.07) is 0. The minimum absolute atomic E-state index is 0.575. The molecule has 0 spiro atoms. The quantitative estimate of drug-likeness (QED) is 0.356. The first-order valence-electron chi connectivity index (χ1n) is 6.47. The van der Waals surface area contributed by atoms with Gasteiger partial charge in [-0.1, -0.05) is 0 Å². The Hall–Kier alpha value is -1.90. The van der Waals surface area contributed by atoms with Gasteiger partial charge in [-0.05, 0) is 14.1 Å². The summed E-state index contributed by atoms with van der Waals surface area (Å²) in [5.74, 6) is 6.66. The van der Waals surface area contributed by atoms with E-state index in [1.54, 1.807) is 12.4 Å². The number of hydrogen-bond acceptors (Lipinski definition) is 7. The van der Waals surface area contributed by atoms with E-state index in [9.17, 15) is 0 Å². The molecule has 0 atom stereocenters. The zero-order valence-corrected chi connectivity index (χ0v) is 11.8. The molecular formula is C12H21N7O. The Balaban J connectivity index is 1.87. The predicted octanol–water partition coefficient (Wildman–Crippen LogP) is 0.00500. The summed E-state index contributed by atoms with van der Waals surface area (Å²) < 4.78 is 7.38. The van der Waals surface area contributed by atoms with E-state index in [0.29, 0.717) is 31.4 Å². The van der Waals surface area contributed by atoms with Crippen molar-refractivity contribution in [3.05, 3.63) is 18.6 Å². The number of nitrogens with two attached hydrogens (primary N) is 1. The third-order valence-electron chi connectivity index (χ3n) is 2.74. The van der Waals surface area contributed by atoms with Crippen molar-refractivity contribution < 1.29 is 4.74 Å². The molecule has 110 valence electrons. The number of rotatable bonds is 8. The largest absolute Gasteiger partial charge is 0.378 e. The lowest BCUT2D eigenvalue weighted by Crippen LogP contribution is -2.20. The second kappa shape index (κ2) is 7.04. The molecule has 0 aromatic carbocycles. The zero-order valence-electron chi connectivity index (χ0n) is 11.8. The number of hydrogen-bond donors (Lipinski definition) is 3. The molecule has 0 aliphatic rings. The third-order valence-corrected chi connectivity index (χ3v) is 2.74. The first-order valence-corrected chi connectivity index (χ1v) is 6.47. The maximum atomic E-state index is 5.52. The van der Waals surface area contributed by atoms with E-state index in [-0.39, 0.29) is 0 Å². The highest BCUT2D eigenvalue weighted by Gasteiger charge is 2.06. The molecule has 0 radical (unpaired) electrons. The Morgan fingerprint density at radius 1 is 1.40 bits per heavy atom. The van der Waals surface area contributed by atoms with Crippen molar-refractivity contribution in [3.63, 3.8) is 0 Å². The molecular weight excluding hydrogens is 258 g/mol. The van der Waals surface area contributed by atoms with E-state index in [4.69, 9.17) is 10.6 Å². The molecule has 2 aromatic rings. The molecule has 8 heteroatoms. The Labute approximate surface area is 117 Å². The SMILES string of the molecule is CN(C)CCOCCNc1nc(NN)cn2ccnc12. The Morgan fingerprint density at radius 2 is 2.25 bits per heavy atom. The highest BCUT2D eigenvalue weighted by atomic mass is 16.5. The van der Waals surface area contributed by atoms with Gasteiger partial charge in [-0.25, -0.2) is 15.8 Å². The van der Waals surface area contributed by atoms with E-state index < -0.39 is 0 Å². The summed E-state index contributed by atoms with van der Waals surface area (Å²) in [4.78, 5) is 10.7. The molecule has 0 fully saturated rings. The highest BCUT2D eigenvalue weighted by molar-refractivity contribution is 5.65. The molecule has 0 aliphatic carbocycles. The fourth-order valence-corrected chi connectivity index (χ4v) is 1.71. The van der Waals surface area contributed by atoms with Gasteiger partial charge in [0.15, 0.2) is 17.3 Å². The van der Waals surface area contributed by atoms with Crippen molar-refractivity contribution in [1.82, 2.24) is 19.3 Å². The van der Waals surface area contributed by atoms with Gasteiger partial charge in [-0.15, -0.1) is 0 Å². The number of nitrogen functional groups attached to an aromatic ring is 1. The van der Waals surface area contributed by atoms with Gasteiger partial charge in [0.2, 0.25) is 0 Å². The topological polar surface area (TPSA) is 92.7 Å². The molecule has 0 unspecified atom stereocenters. The van der Waals surface area contributed by atoms with E-state index in [0.717, 1.165) is 12.2 Å².